The summed E-state index contributed by atoms with van der Waals surface area (Å²) in [5, 5.41) is 0. The van der Waals surface area contributed by atoms with Gasteiger partial charge in [0.15, 0.2) is 0 Å². The van der Waals surface area contributed by atoms with Gasteiger partial charge in [0.1, 0.15) is 0 Å². The molecular weight excluding hydrogens is 138 g/mol. The maximum atomic E-state index is 2.65. The van der Waals surface area contributed by atoms with E-state index in [-0.39, 0.29) is 0 Å². The lowest BCUT2D eigenvalue weighted by atomic mass is 11.6. The number of hydrogen-bond donors (Lipinski definition) is 0. The molecule has 0 heterocycles. The first-order valence-corrected chi connectivity index (χ1v) is 15.1. The second-order valence-corrected chi connectivity index (χ2v) is 9.60. The van der Waals surface area contributed by atoms with Crippen LogP contribution in [0.1, 0.15) is 0 Å². The average Bonchev–Trinajstić information content (AvgIpc) is 1.65. The third-order valence-corrected chi connectivity index (χ3v) is 17.8. The van der Waals surface area contributed by atoms with Crippen molar-refractivity contribution >= 4 is 37.9 Å². The third kappa shape index (κ3) is 3.03. The molecule has 0 aromatic rings. The molecule has 0 spiro atoms. The van der Waals surface area contributed by atoms with Gasteiger partial charge in [-0.25, -0.2) is 0 Å². The van der Waals surface area contributed by atoms with E-state index in [1.807, 2.05) is 0 Å². The Morgan fingerprint density at radius 2 is 1.67 bits per heavy atom. The molecule has 38 valence electrons. The van der Waals surface area contributed by atoms with E-state index in [2.05, 4.69) is 11.3 Å². The molecule has 0 aromatic heterocycles. The Morgan fingerprint density at radius 3 is 1.67 bits per heavy atom. The van der Waals surface area contributed by atoms with Gasteiger partial charge in [0.2, 0.25) is 0 Å². The molecule has 1 nitrogen and oxygen atoms in total. The quantitative estimate of drug-likeness (QED) is 0.361. The minimum absolute atomic E-state index is 0.407. The summed E-state index contributed by atoms with van der Waals surface area (Å²) in [7, 11) is 6.13. The second kappa shape index (κ2) is 4.00. The molecule has 0 aliphatic carbocycles. The predicted octanol–water partition coefficient (Wildman–Crippen LogP) is -4.35. The summed E-state index contributed by atoms with van der Waals surface area (Å²) in [6, 6.07) is 0. The summed E-state index contributed by atoms with van der Waals surface area (Å²) in [6.07, 6.45) is 0. The molecule has 0 saturated carbocycles. The highest BCUT2D eigenvalue weighted by Gasteiger charge is 1.83. The van der Waals surface area contributed by atoms with E-state index < -0.39 is 0 Å². The number of rotatable bonds is 2. The van der Waals surface area contributed by atoms with Gasteiger partial charge >= 0.3 is 0 Å². The Hall–Kier alpha value is 0.828. The fourth-order valence-electron chi connectivity index (χ4n) is 0.224. The van der Waals surface area contributed by atoms with E-state index in [4.69, 9.17) is 0 Å². The van der Waals surface area contributed by atoms with Crippen LogP contribution >= 0.6 is 0 Å². The first-order valence-electron chi connectivity index (χ1n) is 2.49. The van der Waals surface area contributed by atoms with Gasteiger partial charge < -0.3 is 4.23 Å². The minimum atomic E-state index is 0.407. The molecule has 0 aromatic carbocycles. The lowest BCUT2D eigenvalue weighted by Gasteiger charge is -2.06. The van der Waals surface area contributed by atoms with Gasteiger partial charge in [-0.3, -0.25) is 0 Å². The topological polar surface area (TPSA) is 3.24 Å². The Kier molecular flexibility index (Phi) is 4.55. The first-order chi connectivity index (χ1) is 2.81. The van der Waals surface area contributed by atoms with Crippen molar-refractivity contribution in [3.63, 3.8) is 0 Å². The SMILES string of the molecule is CN([SiH2][SiH3])[SiH2][SiH3]. The molecule has 0 unspecified atom stereocenters. The van der Waals surface area contributed by atoms with Crippen LogP contribution in [0.25, 0.3) is 0 Å². The fraction of sp³-hybridized carbons (Fsp3) is 1.00. The molecule has 0 bridgehead atoms. The van der Waals surface area contributed by atoms with Crippen LogP contribution in [0, 0.1) is 0 Å². The van der Waals surface area contributed by atoms with E-state index in [1.54, 1.807) is 0 Å². The molecule has 0 N–H and O–H groups in total. The van der Waals surface area contributed by atoms with Crippen molar-refractivity contribution in [1.29, 1.82) is 0 Å². The number of hydrogen-bond acceptors (Lipinski definition) is 1. The Labute approximate surface area is 49.7 Å². The highest BCUT2D eigenvalue weighted by atomic mass is 29.2. The zero-order valence-corrected chi connectivity index (χ0v) is 11.7. The van der Waals surface area contributed by atoms with E-state index >= 15 is 0 Å². The maximum Gasteiger partial charge on any atom is 0.0668 e. The summed E-state index contributed by atoms with van der Waals surface area (Å²) in [4.78, 5) is 0. The molecule has 5 heteroatoms. The van der Waals surface area contributed by atoms with E-state index in [0.29, 0.717) is 18.4 Å². The van der Waals surface area contributed by atoms with E-state index in [0.717, 1.165) is 0 Å². The zero-order chi connectivity index (χ0) is 4.99. The summed E-state index contributed by atoms with van der Waals surface area (Å²) in [5.41, 5.74) is 0. The zero-order valence-electron chi connectivity index (χ0n) is 4.86. The molecule has 0 aliphatic heterocycles. The van der Waals surface area contributed by atoms with E-state index in [1.165, 1.54) is 19.5 Å². The third-order valence-electron chi connectivity index (χ3n) is 1.08. The molecule has 0 atom stereocenters. The van der Waals surface area contributed by atoms with Crippen molar-refractivity contribution in [3.05, 3.63) is 0 Å². The van der Waals surface area contributed by atoms with Crippen molar-refractivity contribution in [2.24, 2.45) is 0 Å². The van der Waals surface area contributed by atoms with Gasteiger partial charge in [-0.05, 0) is 7.05 Å². The second-order valence-electron chi connectivity index (χ2n) is 1.49. The van der Waals surface area contributed by atoms with Gasteiger partial charge in [-0.2, -0.15) is 0 Å². The van der Waals surface area contributed by atoms with Gasteiger partial charge in [-0.1, -0.05) is 0 Å². The lowest BCUT2D eigenvalue weighted by Crippen LogP contribution is -2.27. The van der Waals surface area contributed by atoms with Crippen molar-refractivity contribution in [1.82, 2.24) is 4.23 Å². The molecule has 0 aliphatic rings. The van der Waals surface area contributed by atoms with Crippen LogP contribution in [0.2, 0.25) is 0 Å². The highest BCUT2D eigenvalue weighted by Crippen LogP contribution is 1.60. The molecular formula is CH13NSi4. The summed E-state index contributed by atoms with van der Waals surface area (Å²) in [6.45, 7) is 0. The summed E-state index contributed by atoms with van der Waals surface area (Å²) in [5.74, 6) is 0. The number of nitrogens with zero attached hydrogens (tertiary/aromatic N) is 1. The summed E-state index contributed by atoms with van der Waals surface area (Å²) < 4.78 is 2.65. The monoisotopic (exact) mass is 151 g/mol. The maximum absolute atomic E-state index is 2.65. The molecule has 0 saturated heterocycles. The molecule has 6 heavy (non-hydrogen) atoms. The molecule has 0 fully saturated rings. The van der Waals surface area contributed by atoms with Gasteiger partial charge in [-0.15, -0.1) is 0 Å². The van der Waals surface area contributed by atoms with Crippen LogP contribution in [-0.2, 0) is 0 Å². The predicted molar refractivity (Wildman–Crippen MR) is 44.7 cm³/mol. The Bertz CT molecular complexity index is 26.7. The van der Waals surface area contributed by atoms with Gasteiger partial charge in [0.05, 0.1) is 18.4 Å². The fourth-order valence-corrected chi connectivity index (χ4v) is 18.1. The average molecular weight is 151 g/mol. The first kappa shape index (κ1) is 6.83. The van der Waals surface area contributed by atoms with Gasteiger partial charge in [0, 0.05) is 19.5 Å². The lowest BCUT2D eigenvalue weighted by molar-refractivity contribution is 0.878. The Balaban J connectivity index is 2.75. The van der Waals surface area contributed by atoms with Crippen LogP contribution in [0.15, 0.2) is 0 Å². The van der Waals surface area contributed by atoms with Crippen molar-refractivity contribution in [2.45, 2.75) is 0 Å². The van der Waals surface area contributed by atoms with E-state index in [9.17, 15) is 0 Å². The van der Waals surface area contributed by atoms with Crippen molar-refractivity contribution < 1.29 is 0 Å². The summed E-state index contributed by atoms with van der Waals surface area (Å²) >= 11 is 0. The van der Waals surface area contributed by atoms with Gasteiger partial charge in [0.25, 0.3) is 0 Å². The smallest absolute Gasteiger partial charge is 0.0668 e. The van der Waals surface area contributed by atoms with Crippen LogP contribution in [-0.4, -0.2) is 49.2 Å². The highest BCUT2D eigenvalue weighted by molar-refractivity contribution is 6.98. The molecule has 0 amide bonds. The minimum Gasteiger partial charge on any atom is -0.363 e. The molecule has 0 radical (unpaired) electrons. The molecule has 0 rings (SSSR count). The van der Waals surface area contributed by atoms with Crippen LogP contribution in [0.3, 0.4) is 0 Å². The van der Waals surface area contributed by atoms with Crippen molar-refractivity contribution in [2.75, 3.05) is 7.05 Å². The van der Waals surface area contributed by atoms with Crippen LogP contribution in [0.5, 0.6) is 0 Å². The Morgan fingerprint density at radius 1 is 1.33 bits per heavy atom. The van der Waals surface area contributed by atoms with Crippen LogP contribution < -0.4 is 0 Å². The van der Waals surface area contributed by atoms with Crippen LogP contribution in [0.4, 0.5) is 0 Å². The standard InChI is InChI=1S/CH13NSi4/c1-2(5-3)6-4/h5-6H2,1,3-4H3. The largest absolute Gasteiger partial charge is 0.363 e. The normalized spacial score (nSPS) is 15.0. The van der Waals surface area contributed by atoms with Crippen molar-refractivity contribution in [3.8, 4) is 0 Å².